The van der Waals surface area contributed by atoms with Crippen molar-refractivity contribution in [1.29, 1.82) is 0 Å². The van der Waals surface area contributed by atoms with Gasteiger partial charge in [-0.25, -0.2) is 13.4 Å². The molecule has 5 nitrogen and oxygen atoms in total. The average Bonchev–Trinajstić information content (AvgIpc) is 3.04. The lowest BCUT2D eigenvalue weighted by Crippen LogP contribution is -2.12. The molecule has 1 aromatic heterocycles. The summed E-state index contributed by atoms with van der Waals surface area (Å²) in [5.41, 5.74) is 1.26. The lowest BCUT2D eigenvalue weighted by atomic mass is 10.2. The van der Waals surface area contributed by atoms with Crippen LogP contribution in [-0.2, 0) is 9.84 Å². The second-order valence-electron chi connectivity index (χ2n) is 5.21. The van der Waals surface area contributed by atoms with Gasteiger partial charge in [-0.3, -0.25) is 10.1 Å². The van der Waals surface area contributed by atoms with E-state index in [9.17, 15) is 13.2 Å². The molecule has 3 aromatic rings. The summed E-state index contributed by atoms with van der Waals surface area (Å²) in [7, 11) is -3.27. The summed E-state index contributed by atoms with van der Waals surface area (Å²) >= 11 is 3.02. The van der Waals surface area contributed by atoms with E-state index in [0.29, 0.717) is 10.7 Å². The largest absolute Gasteiger partial charge is 0.298 e. The molecule has 3 rings (SSSR count). The number of thioether (sulfide) groups is 1. The van der Waals surface area contributed by atoms with E-state index in [1.165, 1.54) is 35.6 Å². The van der Waals surface area contributed by atoms with E-state index >= 15 is 0 Å². The van der Waals surface area contributed by atoms with Gasteiger partial charge in [-0.2, -0.15) is 0 Å². The minimum Gasteiger partial charge on any atom is -0.298 e. The molecule has 0 aliphatic carbocycles. The Hall–Kier alpha value is -1.90. The van der Waals surface area contributed by atoms with Gasteiger partial charge in [0.25, 0.3) is 5.91 Å². The molecule has 0 aliphatic heterocycles. The lowest BCUT2D eigenvalue weighted by molar-refractivity contribution is 0.102. The number of amides is 1. The standard InChI is InChI=1S/C17H16N2O3S3/c1-3-25(21,22)12-9-7-11(8-10-12)16(20)19-17-18-15-13(23-2)5-4-6-14(15)24-17/h4-10H,3H2,1-2H3,(H,18,19,20). The van der Waals surface area contributed by atoms with Crippen molar-refractivity contribution in [1.82, 2.24) is 4.98 Å². The van der Waals surface area contributed by atoms with Crippen molar-refractivity contribution in [2.24, 2.45) is 0 Å². The molecule has 8 heteroatoms. The first-order valence-corrected chi connectivity index (χ1v) is 11.2. The fraction of sp³-hybridized carbons (Fsp3) is 0.176. The Bertz CT molecular complexity index is 1020. The summed E-state index contributed by atoms with van der Waals surface area (Å²) in [5.74, 6) is -0.285. The highest BCUT2D eigenvalue weighted by Gasteiger charge is 2.14. The van der Waals surface area contributed by atoms with Crippen LogP contribution in [0, 0.1) is 0 Å². The van der Waals surface area contributed by atoms with E-state index in [4.69, 9.17) is 0 Å². The van der Waals surface area contributed by atoms with Gasteiger partial charge in [0.05, 0.1) is 20.9 Å². The zero-order chi connectivity index (χ0) is 18.0. The zero-order valence-electron chi connectivity index (χ0n) is 13.6. The van der Waals surface area contributed by atoms with Crippen molar-refractivity contribution >= 4 is 54.2 Å². The molecule has 1 amide bonds. The average molecular weight is 393 g/mol. The molecular weight excluding hydrogens is 376 g/mol. The number of nitrogens with one attached hydrogen (secondary N) is 1. The number of hydrogen-bond acceptors (Lipinski definition) is 6. The summed E-state index contributed by atoms with van der Waals surface area (Å²) in [6, 6.07) is 11.9. The van der Waals surface area contributed by atoms with E-state index in [2.05, 4.69) is 10.3 Å². The van der Waals surface area contributed by atoms with Crippen molar-refractivity contribution in [2.45, 2.75) is 16.7 Å². The number of hydrogen-bond donors (Lipinski definition) is 1. The van der Waals surface area contributed by atoms with Gasteiger partial charge < -0.3 is 0 Å². The third-order valence-corrected chi connectivity index (χ3v) is 7.13. The van der Waals surface area contributed by atoms with Gasteiger partial charge in [0, 0.05) is 10.5 Å². The second-order valence-corrected chi connectivity index (χ2v) is 9.36. The molecule has 1 heterocycles. The third kappa shape index (κ3) is 3.70. The number of aromatic nitrogens is 1. The summed E-state index contributed by atoms with van der Waals surface area (Å²) in [4.78, 5) is 18.1. The molecule has 25 heavy (non-hydrogen) atoms. The van der Waals surface area contributed by atoms with Crippen LogP contribution in [0.15, 0.2) is 52.3 Å². The highest BCUT2D eigenvalue weighted by Crippen LogP contribution is 2.32. The molecule has 0 bridgehead atoms. The van der Waals surface area contributed by atoms with Gasteiger partial charge in [-0.05, 0) is 42.7 Å². The van der Waals surface area contributed by atoms with Crippen LogP contribution in [0.3, 0.4) is 0 Å². The van der Waals surface area contributed by atoms with Crippen molar-refractivity contribution in [3.63, 3.8) is 0 Å². The zero-order valence-corrected chi connectivity index (χ0v) is 16.1. The van der Waals surface area contributed by atoms with Crippen molar-refractivity contribution in [3.05, 3.63) is 48.0 Å². The molecule has 0 saturated carbocycles. The molecular formula is C17H16N2O3S3. The van der Waals surface area contributed by atoms with Crippen LogP contribution < -0.4 is 5.32 Å². The van der Waals surface area contributed by atoms with Crippen LogP contribution in [0.1, 0.15) is 17.3 Å². The van der Waals surface area contributed by atoms with E-state index in [1.54, 1.807) is 18.7 Å². The smallest absolute Gasteiger partial charge is 0.257 e. The van der Waals surface area contributed by atoms with Crippen LogP contribution in [-0.4, -0.2) is 31.3 Å². The Labute approximate surface area is 154 Å². The fourth-order valence-corrected chi connectivity index (χ4v) is 4.69. The van der Waals surface area contributed by atoms with Gasteiger partial charge in [-0.15, -0.1) is 11.8 Å². The normalized spacial score (nSPS) is 11.6. The molecule has 0 aliphatic rings. The first-order chi connectivity index (χ1) is 11.9. The molecule has 0 radical (unpaired) electrons. The number of anilines is 1. The van der Waals surface area contributed by atoms with Crippen molar-refractivity contribution < 1.29 is 13.2 Å². The number of carbonyl (C=O) groups is 1. The molecule has 130 valence electrons. The van der Waals surface area contributed by atoms with E-state index in [-0.39, 0.29) is 16.6 Å². The van der Waals surface area contributed by atoms with Crippen molar-refractivity contribution in [2.75, 3.05) is 17.3 Å². The fourth-order valence-electron chi connectivity index (χ4n) is 2.29. The number of sulfone groups is 1. The maximum absolute atomic E-state index is 12.4. The molecule has 0 atom stereocenters. The predicted molar refractivity (Wildman–Crippen MR) is 104 cm³/mol. The van der Waals surface area contributed by atoms with Crippen LogP contribution >= 0.6 is 23.1 Å². The van der Waals surface area contributed by atoms with Crippen LogP contribution in [0.5, 0.6) is 0 Å². The number of carbonyl (C=O) groups excluding carboxylic acids is 1. The number of para-hydroxylation sites is 1. The van der Waals surface area contributed by atoms with Crippen molar-refractivity contribution in [3.8, 4) is 0 Å². The predicted octanol–water partition coefficient (Wildman–Crippen LogP) is 4.06. The van der Waals surface area contributed by atoms with E-state index < -0.39 is 9.84 Å². The van der Waals surface area contributed by atoms with Crippen LogP contribution in [0.2, 0.25) is 0 Å². The number of fused-ring (bicyclic) bond motifs is 1. The Balaban J connectivity index is 1.83. The molecule has 0 spiro atoms. The molecule has 0 unspecified atom stereocenters. The number of benzene rings is 2. The molecule has 0 saturated heterocycles. The van der Waals surface area contributed by atoms with Gasteiger partial charge in [-0.1, -0.05) is 24.3 Å². The lowest BCUT2D eigenvalue weighted by Gasteiger charge is -2.04. The minimum atomic E-state index is -3.27. The van der Waals surface area contributed by atoms with E-state index in [1.807, 2.05) is 24.5 Å². The minimum absolute atomic E-state index is 0.0298. The monoisotopic (exact) mass is 392 g/mol. The molecule has 1 N–H and O–H groups in total. The Morgan fingerprint density at radius 1 is 1.20 bits per heavy atom. The maximum atomic E-state index is 12.4. The van der Waals surface area contributed by atoms with Crippen LogP contribution in [0.4, 0.5) is 5.13 Å². The Morgan fingerprint density at radius 2 is 1.92 bits per heavy atom. The van der Waals surface area contributed by atoms with Gasteiger partial charge in [0.2, 0.25) is 0 Å². The summed E-state index contributed by atoms with van der Waals surface area (Å²) in [6.07, 6.45) is 1.98. The summed E-state index contributed by atoms with van der Waals surface area (Å²) in [6.45, 7) is 1.59. The summed E-state index contributed by atoms with van der Waals surface area (Å²) < 4.78 is 24.7. The number of rotatable bonds is 5. The molecule has 0 fully saturated rings. The van der Waals surface area contributed by atoms with Crippen LogP contribution in [0.25, 0.3) is 10.2 Å². The van der Waals surface area contributed by atoms with Gasteiger partial charge in [0.15, 0.2) is 15.0 Å². The number of thiazole rings is 1. The maximum Gasteiger partial charge on any atom is 0.257 e. The SMILES string of the molecule is CCS(=O)(=O)c1ccc(C(=O)Nc2nc3c(SC)cccc3s2)cc1. The topological polar surface area (TPSA) is 76.1 Å². The first kappa shape index (κ1) is 17.9. The highest BCUT2D eigenvalue weighted by atomic mass is 32.2. The Morgan fingerprint density at radius 3 is 2.56 bits per heavy atom. The molecule has 2 aromatic carbocycles. The summed E-state index contributed by atoms with van der Waals surface area (Å²) in [5, 5.41) is 3.30. The third-order valence-electron chi connectivity index (χ3n) is 3.68. The van der Waals surface area contributed by atoms with E-state index in [0.717, 1.165) is 15.1 Å². The van der Waals surface area contributed by atoms with Gasteiger partial charge >= 0.3 is 0 Å². The number of nitrogens with zero attached hydrogens (tertiary/aromatic N) is 1. The Kier molecular flexibility index (Phi) is 5.12. The first-order valence-electron chi connectivity index (χ1n) is 7.52. The second kappa shape index (κ2) is 7.15. The quantitative estimate of drug-likeness (QED) is 0.663. The highest BCUT2D eigenvalue weighted by molar-refractivity contribution is 7.98. The van der Waals surface area contributed by atoms with Gasteiger partial charge in [0.1, 0.15) is 0 Å².